The van der Waals surface area contributed by atoms with Crippen molar-refractivity contribution in [1.29, 1.82) is 0 Å². The Morgan fingerprint density at radius 3 is 2.56 bits per heavy atom. The number of aromatic amines is 1. The van der Waals surface area contributed by atoms with E-state index in [0.29, 0.717) is 11.3 Å². The molecule has 0 spiro atoms. The predicted octanol–water partition coefficient (Wildman–Crippen LogP) is 5.00. The van der Waals surface area contributed by atoms with Gasteiger partial charge in [-0.25, -0.2) is 0 Å². The van der Waals surface area contributed by atoms with Crippen molar-refractivity contribution in [3.05, 3.63) is 46.4 Å². The Bertz CT molecular complexity index is 762. The van der Waals surface area contributed by atoms with Gasteiger partial charge in [-0.3, -0.25) is 4.79 Å². The maximum Gasteiger partial charge on any atom is 0.259 e. The quantitative estimate of drug-likeness (QED) is 0.663. The van der Waals surface area contributed by atoms with Crippen molar-refractivity contribution in [2.24, 2.45) is 0 Å². The van der Waals surface area contributed by atoms with E-state index in [2.05, 4.69) is 25.8 Å². The second-order valence-corrected chi connectivity index (χ2v) is 7.20. The molecule has 2 aromatic rings. The van der Waals surface area contributed by atoms with Crippen molar-refractivity contribution in [2.75, 3.05) is 7.11 Å². The molecule has 4 heteroatoms. The Morgan fingerprint density at radius 2 is 1.92 bits per heavy atom. The van der Waals surface area contributed by atoms with Gasteiger partial charge in [0.2, 0.25) is 0 Å². The van der Waals surface area contributed by atoms with Crippen molar-refractivity contribution < 1.29 is 9.84 Å². The average Bonchev–Trinajstić information content (AvgIpc) is 2.58. The van der Waals surface area contributed by atoms with E-state index in [1.165, 1.54) is 19.3 Å². The highest BCUT2D eigenvalue weighted by atomic mass is 16.5. The average molecular weight is 343 g/mol. The summed E-state index contributed by atoms with van der Waals surface area (Å²) in [7, 11) is 1.58. The minimum atomic E-state index is -0.273. The summed E-state index contributed by atoms with van der Waals surface area (Å²) in [4.78, 5) is 15.6. The van der Waals surface area contributed by atoms with Gasteiger partial charge < -0.3 is 14.8 Å². The predicted molar refractivity (Wildman–Crippen MR) is 103 cm³/mol. The van der Waals surface area contributed by atoms with E-state index < -0.39 is 0 Å². The maximum atomic E-state index is 12.6. The van der Waals surface area contributed by atoms with Gasteiger partial charge in [-0.15, -0.1) is 0 Å². The molecule has 2 N–H and O–H groups in total. The van der Waals surface area contributed by atoms with E-state index in [4.69, 9.17) is 4.74 Å². The van der Waals surface area contributed by atoms with Crippen LogP contribution in [0.15, 0.2) is 35.1 Å². The molecular formula is C21H29NO3. The molecule has 1 aromatic carbocycles. The molecule has 25 heavy (non-hydrogen) atoms. The minimum absolute atomic E-state index is 0.00800. The lowest BCUT2D eigenvalue weighted by Gasteiger charge is -2.25. The molecule has 0 saturated carbocycles. The first-order chi connectivity index (χ1) is 11.9. The molecule has 0 amide bonds. The van der Waals surface area contributed by atoms with Crippen molar-refractivity contribution in [1.82, 2.24) is 4.98 Å². The number of benzene rings is 1. The third-order valence-corrected chi connectivity index (χ3v) is 4.76. The van der Waals surface area contributed by atoms with Crippen LogP contribution in [-0.4, -0.2) is 17.2 Å². The van der Waals surface area contributed by atoms with Gasteiger partial charge in [0.1, 0.15) is 11.5 Å². The van der Waals surface area contributed by atoms with Gasteiger partial charge in [0.25, 0.3) is 5.56 Å². The third kappa shape index (κ3) is 4.65. The molecule has 1 heterocycles. The molecule has 4 nitrogen and oxygen atoms in total. The van der Waals surface area contributed by atoms with Gasteiger partial charge in [-0.2, -0.15) is 0 Å². The summed E-state index contributed by atoms with van der Waals surface area (Å²) >= 11 is 0. The monoisotopic (exact) mass is 343 g/mol. The number of nitrogens with one attached hydrogen (secondary N) is 1. The third-order valence-electron chi connectivity index (χ3n) is 4.76. The van der Waals surface area contributed by atoms with E-state index in [1.807, 2.05) is 6.07 Å². The van der Waals surface area contributed by atoms with Gasteiger partial charge in [0.15, 0.2) is 0 Å². The fourth-order valence-electron chi connectivity index (χ4n) is 3.10. The molecular weight excluding hydrogens is 314 g/mol. The number of hydrogen-bond donors (Lipinski definition) is 2. The number of unbranched alkanes of at least 4 members (excludes halogenated alkanes) is 3. The highest BCUT2D eigenvalue weighted by molar-refractivity contribution is 5.70. The molecule has 0 atom stereocenters. The van der Waals surface area contributed by atoms with E-state index >= 15 is 0 Å². The Hall–Kier alpha value is -2.23. The summed E-state index contributed by atoms with van der Waals surface area (Å²) in [6.07, 6.45) is 5.71. The zero-order valence-electron chi connectivity index (χ0n) is 15.7. The number of H-pyrrole nitrogens is 1. The molecule has 0 bridgehead atoms. The summed E-state index contributed by atoms with van der Waals surface area (Å²) in [6, 6.07) is 8.85. The molecule has 0 fully saturated rings. The summed E-state index contributed by atoms with van der Waals surface area (Å²) < 4.78 is 5.20. The SMILES string of the molecule is CCCCCCC(C)(C)c1cc(O)c(-c2cccc(OC)c2)c(=O)[nH]1. The lowest BCUT2D eigenvalue weighted by Crippen LogP contribution is -2.23. The molecule has 0 unspecified atom stereocenters. The first kappa shape index (κ1) is 19.1. The molecule has 0 radical (unpaired) electrons. The summed E-state index contributed by atoms with van der Waals surface area (Å²) in [6.45, 7) is 6.40. The molecule has 0 aliphatic carbocycles. The van der Waals surface area contributed by atoms with Crippen LogP contribution in [0.2, 0.25) is 0 Å². The van der Waals surface area contributed by atoms with Crippen molar-refractivity contribution in [3.8, 4) is 22.6 Å². The molecule has 0 aliphatic heterocycles. The number of ether oxygens (including phenoxy) is 1. The van der Waals surface area contributed by atoms with Crippen LogP contribution in [0.5, 0.6) is 11.5 Å². The summed E-state index contributed by atoms with van der Waals surface area (Å²) in [5.41, 5.74) is 1.25. The first-order valence-corrected chi connectivity index (χ1v) is 9.00. The smallest absolute Gasteiger partial charge is 0.259 e. The zero-order valence-corrected chi connectivity index (χ0v) is 15.7. The Kier molecular flexibility index (Phi) is 6.29. The standard InChI is InChI=1S/C21H29NO3/c1-5-6-7-8-12-21(2,3)18-14-17(23)19(20(24)22-18)15-10-9-11-16(13-15)25-4/h9-11,13-14H,5-8,12H2,1-4H3,(H2,22,23,24). The van der Waals surface area contributed by atoms with Gasteiger partial charge in [-0.1, -0.05) is 58.6 Å². The molecule has 0 aliphatic rings. The van der Waals surface area contributed by atoms with Crippen LogP contribution in [0.1, 0.15) is 58.6 Å². The van der Waals surface area contributed by atoms with Gasteiger partial charge in [0.05, 0.1) is 12.7 Å². The molecule has 0 saturated heterocycles. The van der Waals surface area contributed by atoms with E-state index in [9.17, 15) is 9.90 Å². The number of hydrogen-bond acceptors (Lipinski definition) is 3. The van der Waals surface area contributed by atoms with Crippen molar-refractivity contribution >= 4 is 0 Å². The highest BCUT2D eigenvalue weighted by Crippen LogP contribution is 2.33. The van der Waals surface area contributed by atoms with Crippen LogP contribution >= 0.6 is 0 Å². The molecule has 2 rings (SSSR count). The summed E-state index contributed by atoms with van der Waals surface area (Å²) in [5, 5.41) is 10.5. The first-order valence-electron chi connectivity index (χ1n) is 9.00. The van der Waals surface area contributed by atoms with Crippen molar-refractivity contribution in [3.63, 3.8) is 0 Å². The van der Waals surface area contributed by atoms with Gasteiger partial charge in [0, 0.05) is 17.2 Å². The van der Waals surface area contributed by atoms with Crippen LogP contribution in [0, 0.1) is 0 Å². The topological polar surface area (TPSA) is 62.3 Å². The van der Waals surface area contributed by atoms with Gasteiger partial charge >= 0.3 is 0 Å². The molecule has 136 valence electrons. The number of aromatic hydroxyl groups is 1. The number of rotatable bonds is 8. The van der Waals surface area contributed by atoms with Crippen LogP contribution in [0.4, 0.5) is 0 Å². The van der Waals surface area contributed by atoms with E-state index in [-0.39, 0.29) is 22.3 Å². The molecule has 1 aromatic heterocycles. The summed E-state index contributed by atoms with van der Waals surface area (Å²) in [5.74, 6) is 0.658. The van der Waals surface area contributed by atoms with E-state index in [1.54, 1.807) is 31.4 Å². The van der Waals surface area contributed by atoms with Crippen LogP contribution in [0.25, 0.3) is 11.1 Å². The largest absolute Gasteiger partial charge is 0.507 e. The maximum absolute atomic E-state index is 12.6. The lowest BCUT2D eigenvalue weighted by atomic mass is 9.82. The number of methoxy groups -OCH3 is 1. The Morgan fingerprint density at radius 1 is 1.16 bits per heavy atom. The fraction of sp³-hybridized carbons (Fsp3) is 0.476. The Labute approximate surface area is 149 Å². The van der Waals surface area contributed by atoms with Crippen LogP contribution in [-0.2, 0) is 5.41 Å². The number of pyridine rings is 1. The lowest BCUT2D eigenvalue weighted by molar-refractivity contribution is 0.415. The normalized spacial score (nSPS) is 11.5. The number of aromatic nitrogens is 1. The second-order valence-electron chi connectivity index (χ2n) is 7.20. The Balaban J connectivity index is 2.31. The van der Waals surface area contributed by atoms with Crippen molar-refractivity contribution in [2.45, 2.75) is 58.3 Å². The van der Waals surface area contributed by atoms with Crippen LogP contribution in [0.3, 0.4) is 0 Å². The van der Waals surface area contributed by atoms with Gasteiger partial charge in [-0.05, 0) is 24.1 Å². The van der Waals surface area contributed by atoms with Crippen LogP contribution < -0.4 is 10.3 Å². The highest BCUT2D eigenvalue weighted by Gasteiger charge is 2.24. The zero-order chi connectivity index (χ0) is 18.4. The fourth-order valence-corrected chi connectivity index (χ4v) is 3.10. The van der Waals surface area contributed by atoms with E-state index in [0.717, 1.165) is 18.5 Å². The minimum Gasteiger partial charge on any atom is -0.507 e. The second kappa shape index (κ2) is 8.24.